The van der Waals surface area contributed by atoms with Crippen molar-refractivity contribution in [2.24, 2.45) is 9.98 Å². The first-order chi connectivity index (χ1) is 28.6. The number of aliphatic imine (C=N–C) groups is 2. The normalized spacial score (nSPS) is 14.9. The van der Waals surface area contributed by atoms with Gasteiger partial charge in [-0.3, -0.25) is 0 Å². The topological polar surface area (TPSA) is 159 Å². The van der Waals surface area contributed by atoms with Crippen LogP contribution in [0.2, 0.25) is 0 Å². The van der Waals surface area contributed by atoms with Crippen LogP contribution >= 0.6 is 0 Å². The van der Waals surface area contributed by atoms with Crippen molar-refractivity contribution in [3.63, 3.8) is 0 Å². The van der Waals surface area contributed by atoms with Gasteiger partial charge in [-0.1, -0.05) is 25.7 Å². The number of allylic oxidation sites excluding steroid dienone is 2. The van der Waals surface area contributed by atoms with E-state index < -0.39 is 0 Å². The molecule has 4 aromatic heterocycles. The second-order valence-electron chi connectivity index (χ2n) is 14.7. The summed E-state index contributed by atoms with van der Waals surface area (Å²) in [7, 11) is 3.25. The van der Waals surface area contributed by atoms with Gasteiger partial charge >= 0.3 is 11.9 Å². The predicted octanol–water partition coefficient (Wildman–Crippen LogP) is 9.29. The van der Waals surface area contributed by atoms with Crippen LogP contribution in [-0.2, 0) is 25.4 Å². The molecule has 4 aromatic rings. The molecule has 0 atom stereocenters. The summed E-state index contributed by atoms with van der Waals surface area (Å²) < 4.78 is 22.5. The molecule has 0 radical (unpaired) electrons. The maximum atomic E-state index is 13.1. The molecule has 2 aliphatic rings. The molecule has 59 heavy (non-hydrogen) atoms. The molecule has 308 valence electrons. The van der Waals surface area contributed by atoms with Crippen molar-refractivity contribution >= 4 is 35.5 Å². The first kappa shape index (κ1) is 42.1. The molecule has 4 N–H and O–H groups in total. The molecule has 2 aliphatic heterocycles. The second kappa shape index (κ2) is 19.8. The Labute approximate surface area is 346 Å². The summed E-state index contributed by atoms with van der Waals surface area (Å²) in [5, 5.41) is 0. The number of H-pyrrole nitrogens is 4. The zero-order valence-electron chi connectivity index (χ0n) is 34.9. The molecular formula is C47H54N6O6. The van der Waals surface area contributed by atoms with Crippen molar-refractivity contribution in [1.29, 1.82) is 0 Å². The first-order valence-electron chi connectivity index (χ1n) is 20.2. The van der Waals surface area contributed by atoms with E-state index in [0.29, 0.717) is 53.5 Å². The molecule has 6 rings (SSSR count). The van der Waals surface area contributed by atoms with Crippen LogP contribution < -0.4 is 0 Å². The molecule has 0 aromatic carbocycles. The Kier molecular flexibility index (Phi) is 14.1. The minimum Gasteiger partial charge on any atom is -0.494 e. The predicted molar refractivity (Wildman–Crippen MR) is 231 cm³/mol. The van der Waals surface area contributed by atoms with Crippen molar-refractivity contribution in [1.82, 2.24) is 19.9 Å². The number of aromatic amines is 4. The molecule has 0 fully saturated rings. The Morgan fingerprint density at radius 2 is 1.27 bits per heavy atom. The third kappa shape index (κ3) is 9.98. The van der Waals surface area contributed by atoms with Gasteiger partial charge in [-0.25, -0.2) is 19.6 Å². The summed E-state index contributed by atoms with van der Waals surface area (Å²) in [5.41, 5.74) is 11.8. The maximum Gasteiger partial charge on any atom is 0.340 e. The first-order valence-corrected chi connectivity index (χ1v) is 20.2. The van der Waals surface area contributed by atoms with Crippen LogP contribution in [0.25, 0.3) is 12.2 Å². The Hall–Kier alpha value is -6.48. The molecule has 0 amide bonds. The van der Waals surface area contributed by atoms with Crippen LogP contribution in [0, 0.1) is 40.0 Å². The van der Waals surface area contributed by atoms with Gasteiger partial charge in [-0.05, 0) is 100 Å². The maximum absolute atomic E-state index is 13.1. The Bertz CT molecular complexity index is 2380. The average Bonchev–Trinajstić information content (AvgIpc) is 4.08. The SMILES string of the molecule is C#CCCCOC(=O)c1c(C)[nH]c(/C=C2\N=C(c3[nH]ccc3CCCCCCCCOC(=O)c3c(C)[nH]c(/C=C4\N=C(c5ccc[nH]5)C=C4OC)c3C)C=C2OC)c1C. The summed E-state index contributed by atoms with van der Waals surface area (Å²) in [4.78, 5) is 48.8. The van der Waals surface area contributed by atoms with E-state index in [1.54, 1.807) is 14.2 Å². The molecule has 0 aliphatic carbocycles. The Morgan fingerprint density at radius 1 is 0.712 bits per heavy atom. The summed E-state index contributed by atoms with van der Waals surface area (Å²) >= 11 is 0. The van der Waals surface area contributed by atoms with Gasteiger partial charge in [-0.15, -0.1) is 12.3 Å². The van der Waals surface area contributed by atoms with Crippen molar-refractivity contribution in [2.75, 3.05) is 27.4 Å². The molecule has 0 bridgehead atoms. The number of aryl methyl sites for hydroxylation is 3. The van der Waals surface area contributed by atoms with Crippen LogP contribution in [0.5, 0.6) is 0 Å². The van der Waals surface area contributed by atoms with Gasteiger partial charge < -0.3 is 38.9 Å². The molecule has 6 heterocycles. The number of rotatable bonds is 20. The largest absolute Gasteiger partial charge is 0.494 e. The quantitative estimate of drug-likeness (QED) is 0.0396. The number of carbonyl (C=O) groups excluding carboxylic acids is 2. The molecule has 12 nitrogen and oxygen atoms in total. The highest BCUT2D eigenvalue weighted by atomic mass is 16.5. The fourth-order valence-electron chi connectivity index (χ4n) is 7.46. The van der Waals surface area contributed by atoms with Crippen LogP contribution in [0.4, 0.5) is 0 Å². The third-order valence-corrected chi connectivity index (χ3v) is 10.6. The van der Waals surface area contributed by atoms with E-state index in [2.05, 4.69) is 31.9 Å². The number of unbranched alkanes of at least 4 members (excludes halogenated alkanes) is 6. The van der Waals surface area contributed by atoms with E-state index in [1.807, 2.05) is 76.5 Å². The van der Waals surface area contributed by atoms with Crippen LogP contribution in [0.15, 0.2) is 75.6 Å². The van der Waals surface area contributed by atoms with E-state index >= 15 is 0 Å². The van der Waals surface area contributed by atoms with Gasteiger partial charge in [0.15, 0.2) is 0 Å². The number of hydrogen-bond donors (Lipinski definition) is 4. The number of carbonyl (C=O) groups is 2. The average molecular weight is 799 g/mol. The number of ether oxygens (including phenoxy) is 4. The number of nitrogens with one attached hydrogen (secondary N) is 4. The zero-order chi connectivity index (χ0) is 41.9. The highest BCUT2D eigenvalue weighted by molar-refractivity contribution is 6.12. The number of aromatic nitrogens is 4. The van der Waals surface area contributed by atoms with E-state index in [1.165, 1.54) is 5.56 Å². The van der Waals surface area contributed by atoms with Crippen LogP contribution in [-0.4, -0.2) is 70.7 Å². The summed E-state index contributed by atoms with van der Waals surface area (Å²) in [5.74, 6) is 3.18. The van der Waals surface area contributed by atoms with Gasteiger partial charge in [-0.2, -0.15) is 0 Å². The van der Waals surface area contributed by atoms with Gasteiger partial charge in [0.25, 0.3) is 0 Å². The molecule has 0 saturated heterocycles. The van der Waals surface area contributed by atoms with Gasteiger partial charge in [0.1, 0.15) is 22.9 Å². The number of terminal acetylenes is 1. The molecule has 0 saturated carbocycles. The van der Waals surface area contributed by atoms with Crippen LogP contribution in [0.3, 0.4) is 0 Å². The van der Waals surface area contributed by atoms with E-state index in [0.717, 1.165) is 102 Å². The fraction of sp³-hybridized carbons (Fsp3) is 0.362. The van der Waals surface area contributed by atoms with E-state index in [4.69, 9.17) is 35.4 Å². The minimum absolute atomic E-state index is 0.283. The standard InChI is InChI=1S/C47H54N6O6/c1-8-9-15-23-58-46(54)43-30(3)36(51-31(43)4)26-39-42(57-7)28-40(53-39)45-33(20-22-49-45)18-14-12-10-11-13-16-24-59-47(55)44-29(2)35(50-32(44)5)25-38-41(56-6)27-37(52-38)34-19-17-21-48-34/h1,17,19-22,25-28,48-51H,9-16,18,23-24H2,2-7H3/b38-25-,39-26-. The lowest BCUT2D eigenvalue weighted by molar-refractivity contribution is 0.0488. The summed E-state index contributed by atoms with van der Waals surface area (Å²) in [6.45, 7) is 8.22. The molecule has 12 heteroatoms. The minimum atomic E-state index is -0.368. The van der Waals surface area contributed by atoms with E-state index in [9.17, 15) is 9.59 Å². The Morgan fingerprint density at radius 3 is 1.85 bits per heavy atom. The van der Waals surface area contributed by atoms with Crippen LogP contribution in [0.1, 0.15) is 123 Å². The van der Waals surface area contributed by atoms with Gasteiger partial charge in [0, 0.05) is 53.7 Å². The number of esters is 2. The van der Waals surface area contributed by atoms with E-state index in [-0.39, 0.29) is 18.5 Å². The highest BCUT2D eigenvalue weighted by Crippen LogP contribution is 2.30. The number of hydrogen-bond acceptors (Lipinski definition) is 8. The highest BCUT2D eigenvalue weighted by Gasteiger charge is 2.24. The number of nitrogens with zero attached hydrogens (tertiary/aromatic N) is 2. The molecule has 0 spiro atoms. The summed E-state index contributed by atoms with van der Waals surface area (Å²) in [6, 6.07) is 5.99. The third-order valence-electron chi connectivity index (χ3n) is 10.6. The fourth-order valence-corrected chi connectivity index (χ4v) is 7.46. The van der Waals surface area contributed by atoms with Crippen molar-refractivity contribution < 1.29 is 28.5 Å². The van der Waals surface area contributed by atoms with Gasteiger partial charge in [0.2, 0.25) is 0 Å². The molecular weight excluding hydrogens is 745 g/mol. The zero-order valence-corrected chi connectivity index (χ0v) is 34.9. The van der Waals surface area contributed by atoms with Crippen molar-refractivity contribution in [2.45, 2.75) is 85.5 Å². The monoisotopic (exact) mass is 798 g/mol. The lowest BCUT2D eigenvalue weighted by Gasteiger charge is -2.06. The summed E-state index contributed by atoms with van der Waals surface area (Å²) in [6.07, 6.45) is 25.0. The van der Waals surface area contributed by atoms with Crippen molar-refractivity contribution in [3.8, 4) is 12.3 Å². The second-order valence-corrected chi connectivity index (χ2v) is 14.7. The molecule has 0 unspecified atom stereocenters. The van der Waals surface area contributed by atoms with Crippen molar-refractivity contribution in [3.05, 3.63) is 128 Å². The number of methoxy groups -OCH3 is 2. The van der Waals surface area contributed by atoms with Gasteiger partial charge in [0.05, 0.1) is 61.4 Å². The Balaban J connectivity index is 0.942. The smallest absolute Gasteiger partial charge is 0.340 e. The lowest BCUT2D eigenvalue weighted by atomic mass is 10.0. The lowest BCUT2D eigenvalue weighted by Crippen LogP contribution is -2.08.